The van der Waals surface area contributed by atoms with Crippen LogP contribution in [-0.4, -0.2) is 46.1 Å². The van der Waals surface area contributed by atoms with Gasteiger partial charge in [-0.3, -0.25) is 9.69 Å². The lowest BCUT2D eigenvalue weighted by Crippen LogP contribution is -2.58. The van der Waals surface area contributed by atoms with Crippen molar-refractivity contribution >= 4 is 45.1 Å². The molecule has 190 valence electrons. The molecule has 0 spiro atoms. The smallest absolute Gasteiger partial charge is 0.328 e. The zero-order valence-corrected chi connectivity index (χ0v) is 22.3. The molecule has 2 atom stereocenters. The monoisotopic (exact) mass is 546 g/mol. The van der Waals surface area contributed by atoms with Gasteiger partial charge in [0.05, 0.1) is 30.7 Å². The summed E-state index contributed by atoms with van der Waals surface area (Å²) in [5.74, 6) is -1.14. The van der Waals surface area contributed by atoms with Crippen LogP contribution in [0.5, 0.6) is 0 Å². The number of hydrogen-bond donors (Lipinski definition) is 1. The van der Waals surface area contributed by atoms with E-state index in [2.05, 4.69) is 9.71 Å². The molecule has 9 nitrogen and oxygen atoms in total. The van der Waals surface area contributed by atoms with E-state index in [1.54, 1.807) is 11.1 Å². The minimum atomic E-state index is -3.79. The van der Waals surface area contributed by atoms with Crippen molar-refractivity contribution in [3.8, 4) is 0 Å². The Hall–Kier alpha value is -2.25. The van der Waals surface area contributed by atoms with Crippen LogP contribution in [0, 0.1) is 12.8 Å². The predicted octanol–water partition coefficient (Wildman–Crippen LogP) is 3.45. The fourth-order valence-corrected chi connectivity index (χ4v) is 8.81. The van der Waals surface area contributed by atoms with Crippen LogP contribution in [0.25, 0.3) is 0 Å². The van der Waals surface area contributed by atoms with Crippen molar-refractivity contribution in [3.63, 3.8) is 0 Å². The highest BCUT2D eigenvalue weighted by molar-refractivity contribution is 8.18. The number of hydrogen-bond acceptors (Lipinski definition) is 8. The number of aromatic nitrogens is 1. The second-order valence-corrected chi connectivity index (χ2v) is 14.3. The molecule has 4 heterocycles. The number of fused-ring (bicyclic) bond motifs is 2. The summed E-state index contributed by atoms with van der Waals surface area (Å²) in [4.78, 5) is 35.1. The van der Waals surface area contributed by atoms with Gasteiger partial charge in [-0.15, -0.1) is 11.3 Å². The van der Waals surface area contributed by atoms with Crippen LogP contribution < -0.4 is 4.72 Å². The van der Waals surface area contributed by atoms with E-state index in [-0.39, 0.29) is 23.2 Å². The number of aryl methyl sites for hydroxylation is 1. The SMILES string of the molecule is Cc1ncc(CN2C(=O)C3C=C(S(=O)(=O)NC4(C)CC4)SC3N(Cc3ccc4c(c3)COC4)C2=O)s1. The Morgan fingerprint density at radius 1 is 1.19 bits per heavy atom. The van der Waals surface area contributed by atoms with Crippen LogP contribution in [-0.2, 0) is 45.9 Å². The van der Waals surface area contributed by atoms with Gasteiger partial charge in [0.15, 0.2) is 0 Å². The average Bonchev–Trinajstić information content (AvgIpc) is 3.25. The van der Waals surface area contributed by atoms with E-state index in [0.29, 0.717) is 13.2 Å². The molecule has 1 saturated heterocycles. The summed E-state index contributed by atoms with van der Waals surface area (Å²) in [6.07, 6.45) is 4.76. The number of urea groups is 1. The summed E-state index contributed by atoms with van der Waals surface area (Å²) in [7, 11) is -3.79. The lowest BCUT2D eigenvalue weighted by Gasteiger charge is -2.41. The fraction of sp³-hybridized carbons (Fsp3) is 0.458. The molecule has 4 aliphatic rings. The van der Waals surface area contributed by atoms with Gasteiger partial charge < -0.3 is 9.64 Å². The van der Waals surface area contributed by atoms with Gasteiger partial charge in [-0.1, -0.05) is 30.0 Å². The fourth-order valence-electron chi connectivity index (χ4n) is 4.72. The lowest BCUT2D eigenvalue weighted by atomic mass is 10.0. The molecule has 2 aromatic rings. The van der Waals surface area contributed by atoms with E-state index in [1.807, 2.05) is 32.0 Å². The largest absolute Gasteiger partial charge is 0.372 e. The number of carbonyl (C=O) groups is 2. The number of carbonyl (C=O) groups excluding carboxylic acids is 2. The summed E-state index contributed by atoms with van der Waals surface area (Å²) < 4.78 is 34.7. The molecule has 0 bridgehead atoms. The number of ether oxygens (including phenoxy) is 1. The second kappa shape index (κ2) is 8.66. The molecule has 3 amide bonds. The van der Waals surface area contributed by atoms with Crippen molar-refractivity contribution < 1.29 is 22.7 Å². The van der Waals surface area contributed by atoms with Crippen molar-refractivity contribution in [3.05, 3.63) is 61.3 Å². The first-order valence-corrected chi connectivity index (χ1v) is 14.9. The van der Waals surface area contributed by atoms with Crippen molar-refractivity contribution in [2.75, 3.05) is 0 Å². The van der Waals surface area contributed by atoms with Crippen molar-refractivity contribution in [2.24, 2.45) is 5.92 Å². The van der Waals surface area contributed by atoms with Gasteiger partial charge in [0.1, 0.15) is 9.61 Å². The van der Waals surface area contributed by atoms with Gasteiger partial charge in [-0.05, 0) is 49.5 Å². The average molecular weight is 547 g/mol. The molecule has 1 N–H and O–H groups in total. The van der Waals surface area contributed by atoms with Crippen molar-refractivity contribution in [1.82, 2.24) is 19.5 Å². The Balaban J connectivity index is 1.32. The zero-order chi connectivity index (χ0) is 25.2. The van der Waals surface area contributed by atoms with E-state index in [1.165, 1.54) is 22.3 Å². The molecule has 1 aromatic heterocycles. The van der Waals surface area contributed by atoms with Gasteiger partial charge in [0.2, 0.25) is 15.9 Å². The number of amides is 3. The van der Waals surface area contributed by atoms with Crippen LogP contribution in [0.15, 0.2) is 34.7 Å². The molecule has 3 aliphatic heterocycles. The van der Waals surface area contributed by atoms with E-state index in [9.17, 15) is 18.0 Å². The van der Waals surface area contributed by atoms with E-state index in [4.69, 9.17) is 4.74 Å². The third kappa shape index (κ3) is 4.38. The number of nitrogens with zero attached hydrogens (tertiary/aromatic N) is 3. The molecule has 1 saturated carbocycles. The Morgan fingerprint density at radius 2 is 1.97 bits per heavy atom. The summed E-state index contributed by atoms with van der Waals surface area (Å²) in [5.41, 5.74) is 2.69. The molecular weight excluding hydrogens is 520 g/mol. The zero-order valence-electron chi connectivity index (χ0n) is 19.9. The third-order valence-electron chi connectivity index (χ3n) is 6.96. The van der Waals surface area contributed by atoms with Gasteiger partial charge >= 0.3 is 6.03 Å². The maximum Gasteiger partial charge on any atom is 0.328 e. The molecular formula is C24H26N4O5S3. The second-order valence-electron chi connectivity index (χ2n) is 9.96. The Bertz CT molecular complexity index is 1400. The molecule has 36 heavy (non-hydrogen) atoms. The highest BCUT2D eigenvalue weighted by Crippen LogP contribution is 2.47. The standard InChI is InChI=1S/C24H26N4O5S3/c1-14-25-9-18(34-14)11-27-21(29)19-8-20(36(31,32)26-24(2)5-6-24)35-22(19)28(23(27)30)10-15-3-4-16-12-33-13-17(16)7-15/h3-4,7-9,19,22,26H,5-6,10-13H2,1-2H3. The van der Waals surface area contributed by atoms with Crippen LogP contribution >= 0.6 is 23.1 Å². The Morgan fingerprint density at radius 3 is 2.69 bits per heavy atom. The molecule has 6 rings (SSSR count). The first-order valence-electron chi connectivity index (χ1n) is 11.8. The number of sulfonamides is 1. The summed E-state index contributed by atoms with van der Waals surface area (Å²) >= 11 is 2.51. The first kappa shape index (κ1) is 24.1. The van der Waals surface area contributed by atoms with Crippen molar-refractivity contribution in [1.29, 1.82) is 0 Å². The summed E-state index contributed by atoms with van der Waals surface area (Å²) in [6.45, 7) is 5.22. The number of rotatable bonds is 7. The maximum atomic E-state index is 13.7. The molecule has 1 aliphatic carbocycles. The molecule has 2 fully saturated rings. The lowest BCUT2D eigenvalue weighted by molar-refractivity contribution is -0.135. The van der Waals surface area contributed by atoms with Gasteiger partial charge in [0.25, 0.3) is 0 Å². The van der Waals surface area contributed by atoms with E-state index in [0.717, 1.165) is 51.2 Å². The maximum absolute atomic E-state index is 13.7. The molecule has 1 aromatic carbocycles. The number of thiazole rings is 1. The van der Waals surface area contributed by atoms with Gasteiger partial charge in [-0.25, -0.2) is 22.9 Å². The number of benzene rings is 1. The van der Waals surface area contributed by atoms with Crippen molar-refractivity contribution in [2.45, 2.75) is 63.9 Å². The van der Waals surface area contributed by atoms with Crippen LogP contribution in [0.4, 0.5) is 4.79 Å². The Kier molecular flexibility index (Phi) is 5.80. The van der Waals surface area contributed by atoms with Crippen LogP contribution in [0.2, 0.25) is 0 Å². The number of nitrogens with one attached hydrogen (secondary N) is 1. The first-order chi connectivity index (χ1) is 17.1. The van der Waals surface area contributed by atoms with Gasteiger partial charge in [-0.2, -0.15) is 0 Å². The number of imide groups is 1. The van der Waals surface area contributed by atoms with E-state index < -0.39 is 32.9 Å². The van der Waals surface area contributed by atoms with Crippen LogP contribution in [0.3, 0.4) is 0 Å². The highest BCUT2D eigenvalue weighted by atomic mass is 32.3. The molecule has 2 unspecified atom stereocenters. The molecule has 12 heteroatoms. The number of thioether (sulfide) groups is 1. The summed E-state index contributed by atoms with van der Waals surface area (Å²) in [6, 6.07) is 5.57. The Labute approximate surface area is 217 Å². The van der Waals surface area contributed by atoms with Crippen LogP contribution in [0.1, 0.15) is 46.3 Å². The summed E-state index contributed by atoms with van der Waals surface area (Å²) in [5, 5.41) is 0.217. The molecule has 0 radical (unpaired) electrons. The third-order valence-corrected chi connectivity index (χ3v) is 11.4. The van der Waals surface area contributed by atoms with Gasteiger partial charge in [0, 0.05) is 23.2 Å². The highest BCUT2D eigenvalue weighted by Gasteiger charge is 2.52. The normalized spacial score (nSPS) is 24.7. The predicted molar refractivity (Wildman–Crippen MR) is 136 cm³/mol. The van der Waals surface area contributed by atoms with E-state index >= 15 is 0 Å². The minimum Gasteiger partial charge on any atom is -0.372 e. The minimum absolute atomic E-state index is 0.106. The quantitative estimate of drug-likeness (QED) is 0.567. The topological polar surface area (TPSA) is 109 Å².